The first kappa shape index (κ1) is 10.1. The highest BCUT2D eigenvalue weighted by atomic mass is 35.5. The number of hydrogen-bond donors (Lipinski definition) is 2. The number of nitrogens with one attached hydrogen (secondary N) is 1. The molecule has 0 aliphatic rings. The highest BCUT2D eigenvalue weighted by Gasteiger charge is 2.12. The van der Waals surface area contributed by atoms with Gasteiger partial charge in [-0.05, 0) is 26.8 Å². The topological polar surface area (TPSA) is 50.9 Å². The number of anilines is 2. The van der Waals surface area contributed by atoms with Crippen LogP contribution >= 0.6 is 11.6 Å². The average Bonchev–Trinajstić information content (AvgIpc) is 1.93. The SMILES string of the molecule is CC(C)(C)Nc1ncc(N)cc1Cl. The molecule has 0 unspecified atom stereocenters. The summed E-state index contributed by atoms with van der Waals surface area (Å²) >= 11 is 5.93. The highest BCUT2D eigenvalue weighted by molar-refractivity contribution is 6.33. The fraction of sp³-hybridized carbons (Fsp3) is 0.444. The Morgan fingerprint density at radius 1 is 1.46 bits per heavy atom. The Balaban J connectivity index is 2.90. The number of pyridine rings is 1. The van der Waals surface area contributed by atoms with Crippen molar-refractivity contribution in [3.8, 4) is 0 Å². The molecule has 0 aromatic carbocycles. The van der Waals surface area contributed by atoms with Gasteiger partial charge < -0.3 is 11.1 Å². The van der Waals surface area contributed by atoms with Gasteiger partial charge in [0, 0.05) is 5.54 Å². The van der Waals surface area contributed by atoms with Crippen molar-refractivity contribution < 1.29 is 0 Å². The molecular weight excluding hydrogens is 186 g/mol. The van der Waals surface area contributed by atoms with E-state index in [4.69, 9.17) is 17.3 Å². The van der Waals surface area contributed by atoms with Crippen molar-refractivity contribution in [3.05, 3.63) is 17.3 Å². The lowest BCUT2D eigenvalue weighted by atomic mass is 10.1. The summed E-state index contributed by atoms with van der Waals surface area (Å²) in [5.41, 5.74) is 6.04. The lowest BCUT2D eigenvalue weighted by Gasteiger charge is -2.21. The summed E-state index contributed by atoms with van der Waals surface area (Å²) in [5.74, 6) is 0.670. The van der Waals surface area contributed by atoms with Crippen molar-refractivity contribution in [2.24, 2.45) is 0 Å². The van der Waals surface area contributed by atoms with Crippen molar-refractivity contribution in [3.63, 3.8) is 0 Å². The van der Waals surface area contributed by atoms with Gasteiger partial charge in [-0.3, -0.25) is 0 Å². The molecule has 1 aromatic rings. The third-order valence-corrected chi connectivity index (χ3v) is 1.64. The molecule has 3 N–H and O–H groups in total. The fourth-order valence-electron chi connectivity index (χ4n) is 0.900. The molecule has 0 radical (unpaired) electrons. The molecule has 1 heterocycles. The van der Waals surface area contributed by atoms with E-state index in [0.717, 1.165) is 0 Å². The van der Waals surface area contributed by atoms with E-state index < -0.39 is 0 Å². The Hall–Kier alpha value is -0.960. The van der Waals surface area contributed by atoms with Gasteiger partial charge in [-0.2, -0.15) is 0 Å². The van der Waals surface area contributed by atoms with Crippen LogP contribution in [-0.2, 0) is 0 Å². The lowest BCUT2D eigenvalue weighted by molar-refractivity contribution is 0.630. The van der Waals surface area contributed by atoms with Gasteiger partial charge >= 0.3 is 0 Å². The van der Waals surface area contributed by atoms with E-state index in [0.29, 0.717) is 16.5 Å². The van der Waals surface area contributed by atoms with E-state index >= 15 is 0 Å². The highest BCUT2D eigenvalue weighted by Crippen LogP contribution is 2.23. The number of hydrogen-bond acceptors (Lipinski definition) is 3. The summed E-state index contributed by atoms with van der Waals surface area (Å²) in [5, 5.41) is 3.73. The summed E-state index contributed by atoms with van der Waals surface area (Å²) in [4.78, 5) is 4.10. The fourth-order valence-corrected chi connectivity index (χ4v) is 1.12. The minimum atomic E-state index is -0.0489. The zero-order valence-corrected chi connectivity index (χ0v) is 8.81. The summed E-state index contributed by atoms with van der Waals surface area (Å²) in [6, 6.07) is 1.68. The van der Waals surface area contributed by atoms with Gasteiger partial charge in [0.1, 0.15) is 5.82 Å². The Labute approximate surface area is 83.3 Å². The molecule has 0 aliphatic heterocycles. The first-order chi connectivity index (χ1) is 5.88. The van der Waals surface area contributed by atoms with Crippen LogP contribution in [0.2, 0.25) is 5.02 Å². The van der Waals surface area contributed by atoms with Gasteiger partial charge in [0.05, 0.1) is 16.9 Å². The largest absolute Gasteiger partial charge is 0.397 e. The second kappa shape index (κ2) is 3.42. The Morgan fingerprint density at radius 2 is 2.08 bits per heavy atom. The molecule has 0 fully saturated rings. The molecule has 4 heteroatoms. The van der Waals surface area contributed by atoms with Gasteiger partial charge in [-0.25, -0.2) is 4.98 Å². The summed E-state index contributed by atoms with van der Waals surface area (Å²) < 4.78 is 0. The van der Waals surface area contributed by atoms with Gasteiger partial charge in [-0.1, -0.05) is 11.6 Å². The molecule has 0 amide bonds. The lowest BCUT2D eigenvalue weighted by Crippen LogP contribution is -2.26. The number of nitrogens with two attached hydrogens (primary N) is 1. The third-order valence-electron chi connectivity index (χ3n) is 1.36. The maximum Gasteiger partial charge on any atom is 0.145 e. The van der Waals surface area contributed by atoms with Gasteiger partial charge in [0.25, 0.3) is 0 Å². The van der Waals surface area contributed by atoms with Crippen LogP contribution in [-0.4, -0.2) is 10.5 Å². The van der Waals surface area contributed by atoms with Crippen LogP contribution in [0.5, 0.6) is 0 Å². The molecule has 0 aliphatic carbocycles. The molecule has 3 nitrogen and oxygen atoms in total. The molecule has 72 valence electrons. The molecular formula is C9H14ClN3. The van der Waals surface area contributed by atoms with Crippen molar-refractivity contribution >= 4 is 23.1 Å². The number of aromatic nitrogens is 1. The molecule has 1 rings (SSSR count). The van der Waals surface area contributed by atoms with E-state index in [1.54, 1.807) is 12.3 Å². The maximum atomic E-state index is 5.93. The Morgan fingerprint density at radius 3 is 2.54 bits per heavy atom. The molecule has 1 aromatic heterocycles. The Kier molecular flexibility index (Phi) is 2.66. The molecule has 0 atom stereocenters. The summed E-state index contributed by atoms with van der Waals surface area (Å²) in [6.45, 7) is 6.13. The number of rotatable bonds is 1. The Bertz CT molecular complexity index is 304. The predicted molar refractivity (Wildman–Crippen MR) is 57.0 cm³/mol. The summed E-state index contributed by atoms with van der Waals surface area (Å²) in [7, 11) is 0. The van der Waals surface area contributed by atoms with E-state index in [1.165, 1.54) is 0 Å². The minimum absolute atomic E-state index is 0.0489. The molecule has 0 bridgehead atoms. The van der Waals surface area contributed by atoms with E-state index in [2.05, 4.69) is 10.3 Å². The second-order valence-electron chi connectivity index (χ2n) is 3.97. The minimum Gasteiger partial charge on any atom is -0.397 e. The first-order valence-corrected chi connectivity index (χ1v) is 4.45. The van der Waals surface area contributed by atoms with Crippen LogP contribution in [0.3, 0.4) is 0 Å². The molecule has 0 spiro atoms. The van der Waals surface area contributed by atoms with Crippen molar-refractivity contribution in [1.82, 2.24) is 4.98 Å². The van der Waals surface area contributed by atoms with E-state index in [9.17, 15) is 0 Å². The predicted octanol–water partition coefficient (Wildman–Crippen LogP) is 2.53. The van der Waals surface area contributed by atoms with Crippen molar-refractivity contribution in [2.75, 3.05) is 11.1 Å². The second-order valence-corrected chi connectivity index (χ2v) is 4.38. The maximum absolute atomic E-state index is 5.93. The van der Waals surface area contributed by atoms with Crippen LogP contribution in [0.15, 0.2) is 12.3 Å². The van der Waals surface area contributed by atoms with Gasteiger partial charge in [0.2, 0.25) is 0 Å². The standard InChI is InChI=1S/C9H14ClN3/c1-9(2,3)13-8-7(10)4-6(11)5-12-8/h4-5H,11H2,1-3H3,(H,12,13). The van der Waals surface area contributed by atoms with Crippen molar-refractivity contribution in [1.29, 1.82) is 0 Å². The summed E-state index contributed by atoms with van der Waals surface area (Å²) in [6.07, 6.45) is 1.58. The quantitative estimate of drug-likeness (QED) is 0.731. The average molecular weight is 200 g/mol. The van der Waals surface area contributed by atoms with Crippen molar-refractivity contribution in [2.45, 2.75) is 26.3 Å². The third kappa shape index (κ3) is 3.11. The smallest absolute Gasteiger partial charge is 0.145 e. The molecule has 13 heavy (non-hydrogen) atoms. The molecule has 0 saturated heterocycles. The zero-order valence-electron chi connectivity index (χ0n) is 8.06. The van der Waals surface area contributed by atoms with Gasteiger partial charge in [0.15, 0.2) is 0 Å². The normalized spacial score (nSPS) is 11.4. The van der Waals surface area contributed by atoms with Crippen LogP contribution < -0.4 is 11.1 Å². The zero-order chi connectivity index (χ0) is 10.1. The number of nitrogen functional groups attached to an aromatic ring is 1. The number of halogens is 1. The van der Waals surface area contributed by atoms with Crippen LogP contribution in [0.1, 0.15) is 20.8 Å². The monoisotopic (exact) mass is 199 g/mol. The van der Waals surface area contributed by atoms with Crippen LogP contribution in [0, 0.1) is 0 Å². The molecule has 0 saturated carbocycles. The number of nitrogens with zero attached hydrogens (tertiary/aromatic N) is 1. The van der Waals surface area contributed by atoms with E-state index in [1.807, 2.05) is 20.8 Å². The first-order valence-electron chi connectivity index (χ1n) is 4.08. The van der Waals surface area contributed by atoms with Crippen LogP contribution in [0.4, 0.5) is 11.5 Å². The van der Waals surface area contributed by atoms with Crippen LogP contribution in [0.25, 0.3) is 0 Å². The van der Waals surface area contributed by atoms with E-state index in [-0.39, 0.29) is 5.54 Å². The van der Waals surface area contributed by atoms with Gasteiger partial charge in [-0.15, -0.1) is 0 Å².